The number of carbonyl (C=O) groups is 1. The predicted molar refractivity (Wildman–Crippen MR) is 92.5 cm³/mol. The number of nitriles is 1. The summed E-state index contributed by atoms with van der Waals surface area (Å²) in [6.07, 6.45) is -0.00455. The summed E-state index contributed by atoms with van der Waals surface area (Å²) in [6, 6.07) is 16.6. The van der Waals surface area contributed by atoms with E-state index in [0.717, 1.165) is 5.56 Å². The first-order chi connectivity index (χ1) is 12.4. The highest BCUT2D eigenvalue weighted by atomic mass is 16.6. The van der Waals surface area contributed by atoms with Crippen LogP contribution in [0.1, 0.15) is 18.9 Å². The number of azo groups is 1. The molecule has 1 atom stereocenters. The normalized spacial score (nSPS) is 12.9. The Morgan fingerprint density at radius 3 is 2.42 bits per heavy atom. The van der Waals surface area contributed by atoms with E-state index in [2.05, 4.69) is 10.2 Å². The Kier molecular flexibility index (Phi) is 6.11. The first kappa shape index (κ1) is 18.7. The molecule has 0 fully saturated rings. The Balaban J connectivity index is 2.33. The van der Waals surface area contributed by atoms with E-state index in [0.29, 0.717) is 5.69 Å². The second-order valence-electron chi connectivity index (χ2n) is 5.51. The Hall–Kier alpha value is -3.60. The van der Waals surface area contributed by atoms with E-state index < -0.39 is 16.6 Å². The molecule has 0 radical (unpaired) electrons. The molecule has 26 heavy (non-hydrogen) atoms. The Morgan fingerprint density at radius 1 is 1.23 bits per heavy atom. The van der Waals surface area contributed by atoms with E-state index in [1.165, 1.54) is 31.2 Å². The zero-order chi connectivity index (χ0) is 19.0. The third-order valence-corrected chi connectivity index (χ3v) is 3.42. The molecule has 0 aliphatic heterocycles. The van der Waals surface area contributed by atoms with Gasteiger partial charge in [-0.25, -0.2) is 0 Å². The predicted octanol–water partition coefficient (Wildman–Crippen LogP) is 4.09. The van der Waals surface area contributed by atoms with Crippen LogP contribution in [-0.2, 0) is 16.0 Å². The van der Waals surface area contributed by atoms with Crippen LogP contribution in [0.2, 0.25) is 0 Å². The minimum Gasteiger partial charge on any atom is -0.434 e. The van der Waals surface area contributed by atoms with Crippen LogP contribution in [-0.4, -0.2) is 16.6 Å². The fourth-order valence-electron chi connectivity index (χ4n) is 2.32. The number of nitro groups is 1. The summed E-state index contributed by atoms with van der Waals surface area (Å²) in [5.41, 5.74) is -0.370. The number of rotatable bonds is 7. The maximum atomic E-state index is 11.5. The van der Waals surface area contributed by atoms with Crippen LogP contribution in [0.3, 0.4) is 0 Å². The fourth-order valence-corrected chi connectivity index (χ4v) is 2.32. The molecule has 0 N–H and O–H groups in total. The van der Waals surface area contributed by atoms with E-state index in [4.69, 9.17) is 10.00 Å². The molecule has 8 nitrogen and oxygen atoms in total. The van der Waals surface area contributed by atoms with Gasteiger partial charge in [0, 0.05) is 25.5 Å². The quantitative estimate of drug-likeness (QED) is 0.322. The number of benzene rings is 2. The minimum absolute atomic E-state index is 0.0727. The van der Waals surface area contributed by atoms with Gasteiger partial charge in [-0.05, 0) is 17.7 Å². The molecule has 0 heterocycles. The zero-order valence-corrected chi connectivity index (χ0v) is 14.0. The standard InChI is InChI=1S/C18H16N4O4/c1-14(23)26-18(11-12-19,13-15-5-3-2-4-6-15)21-20-16-7-9-17(10-8-16)22(24)25/h2-10H,11,13H2,1H3/b21-20+. The van der Waals surface area contributed by atoms with Crippen LogP contribution in [0.15, 0.2) is 64.8 Å². The average molecular weight is 352 g/mol. The van der Waals surface area contributed by atoms with Crippen LogP contribution >= 0.6 is 0 Å². The maximum Gasteiger partial charge on any atom is 0.304 e. The van der Waals surface area contributed by atoms with Crippen LogP contribution in [0.5, 0.6) is 0 Å². The SMILES string of the molecule is CC(=O)OC(CC#N)(Cc1ccccc1)/N=N/c1ccc([N+](=O)[O-])cc1. The number of hydrogen-bond acceptors (Lipinski definition) is 7. The molecule has 2 aromatic rings. The largest absolute Gasteiger partial charge is 0.434 e. The summed E-state index contributed by atoms with van der Waals surface area (Å²) < 4.78 is 5.34. The van der Waals surface area contributed by atoms with Crippen molar-refractivity contribution in [3.8, 4) is 6.07 Å². The van der Waals surface area contributed by atoms with Gasteiger partial charge in [0.05, 0.1) is 23.1 Å². The van der Waals surface area contributed by atoms with Crippen molar-refractivity contribution in [1.82, 2.24) is 0 Å². The molecule has 0 aromatic heterocycles. The molecular formula is C18H16N4O4. The van der Waals surface area contributed by atoms with Gasteiger partial charge in [0.25, 0.3) is 5.69 Å². The van der Waals surface area contributed by atoms with Gasteiger partial charge < -0.3 is 4.74 Å². The molecule has 1 unspecified atom stereocenters. The molecule has 0 bridgehead atoms. The Morgan fingerprint density at radius 2 is 1.88 bits per heavy atom. The van der Waals surface area contributed by atoms with Crippen molar-refractivity contribution < 1.29 is 14.5 Å². The zero-order valence-electron chi connectivity index (χ0n) is 14.0. The van der Waals surface area contributed by atoms with Crippen molar-refractivity contribution in [2.45, 2.75) is 25.5 Å². The Bertz CT molecular complexity index is 844. The monoisotopic (exact) mass is 352 g/mol. The van der Waals surface area contributed by atoms with E-state index in [1.54, 1.807) is 0 Å². The molecule has 0 aliphatic rings. The first-order valence-electron chi connectivity index (χ1n) is 7.72. The highest BCUT2D eigenvalue weighted by Gasteiger charge is 2.34. The topological polar surface area (TPSA) is 118 Å². The van der Waals surface area contributed by atoms with Gasteiger partial charge in [-0.3, -0.25) is 14.9 Å². The highest BCUT2D eigenvalue weighted by molar-refractivity contribution is 5.66. The second kappa shape index (κ2) is 8.48. The molecule has 0 saturated heterocycles. The van der Waals surface area contributed by atoms with E-state index in [-0.39, 0.29) is 18.5 Å². The van der Waals surface area contributed by atoms with Crippen LogP contribution in [0.4, 0.5) is 11.4 Å². The van der Waals surface area contributed by atoms with Crippen molar-refractivity contribution in [3.63, 3.8) is 0 Å². The molecule has 2 rings (SSSR count). The van der Waals surface area contributed by atoms with E-state index in [9.17, 15) is 14.9 Å². The number of nitrogens with zero attached hydrogens (tertiary/aromatic N) is 4. The lowest BCUT2D eigenvalue weighted by Gasteiger charge is -2.25. The van der Waals surface area contributed by atoms with Crippen LogP contribution < -0.4 is 0 Å². The lowest BCUT2D eigenvalue weighted by atomic mass is 10.0. The molecule has 0 aliphatic carbocycles. The number of nitro benzene ring substituents is 1. The van der Waals surface area contributed by atoms with Crippen LogP contribution in [0, 0.1) is 21.4 Å². The lowest BCUT2D eigenvalue weighted by Crippen LogP contribution is -2.34. The molecular weight excluding hydrogens is 336 g/mol. The second-order valence-corrected chi connectivity index (χ2v) is 5.51. The smallest absolute Gasteiger partial charge is 0.304 e. The van der Waals surface area contributed by atoms with E-state index >= 15 is 0 Å². The summed E-state index contributed by atoms with van der Waals surface area (Å²) in [6.45, 7) is 1.23. The average Bonchev–Trinajstić information content (AvgIpc) is 2.61. The van der Waals surface area contributed by atoms with Gasteiger partial charge in [0.2, 0.25) is 5.72 Å². The minimum atomic E-state index is -1.47. The number of hydrogen-bond donors (Lipinski definition) is 0. The fraction of sp³-hybridized carbons (Fsp3) is 0.222. The highest BCUT2D eigenvalue weighted by Crippen LogP contribution is 2.27. The molecule has 8 heteroatoms. The van der Waals surface area contributed by atoms with Gasteiger partial charge in [-0.15, -0.1) is 5.11 Å². The van der Waals surface area contributed by atoms with Crippen molar-refractivity contribution in [3.05, 3.63) is 70.3 Å². The summed E-state index contributed by atoms with van der Waals surface area (Å²) in [4.78, 5) is 21.7. The van der Waals surface area contributed by atoms with Gasteiger partial charge in [-0.2, -0.15) is 10.4 Å². The summed E-state index contributed by atoms with van der Waals surface area (Å²) in [5.74, 6) is -0.584. The molecule has 0 saturated carbocycles. The van der Waals surface area contributed by atoms with Crippen LogP contribution in [0.25, 0.3) is 0 Å². The number of esters is 1. The molecule has 0 amide bonds. The van der Waals surface area contributed by atoms with Crippen molar-refractivity contribution in [1.29, 1.82) is 5.26 Å². The van der Waals surface area contributed by atoms with E-state index in [1.807, 2.05) is 36.4 Å². The van der Waals surface area contributed by atoms with Crippen molar-refractivity contribution in [2.75, 3.05) is 0 Å². The summed E-state index contributed by atoms with van der Waals surface area (Å²) >= 11 is 0. The van der Waals surface area contributed by atoms with Gasteiger partial charge in [-0.1, -0.05) is 30.3 Å². The third-order valence-electron chi connectivity index (χ3n) is 3.42. The van der Waals surface area contributed by atoms with Crippen molar-refractivity contribution >= 4 is 17.3 Å². The summed E-state index contributed by atoms with van der Waals surface area (Å²) in [7, 11) is 0. The number of non-ortho nitro benzene ring substituents is 1. The van der Waals surface area contributed by atoms with Gasteiger partial charge in [0.1, 0.15) is 0 Å². The van der Waals surface area contributed by atoms with Gasteiger partial charge in [0.15, 0.2) is 0 Å². The summed E-state index contributed by atoms with van der Waals surface area (Å²) in [5, 5.41) is 28.0. The Labute approximate surface area is 149 Å². The third kappa shape index (κ3) is 5.21. The molecule has 2 aromatic carbocycles. The van der Waals surface area contributed by atoms with Crippen molar-refractivity contribution in [2.24, 2.45) is 10.2 Å². The molecule has 0 spiro atoms. The van der Waals surface area contributed by atoms with Gasteiger partial charge >= 0.3 is 5.97 Å². The lowest BCUT2D eigenvalue weighted by molar-refractivity contribution is -0.384. The number of carbonyl (C=O) groups excluding carboxylic acids is 1. The maximum absolute atomic E-state index is 11.5. The first-order valence-corrected chi connectivity index (χ1v) is 7.72. The molecule has 132 valence electrons. The number of ether oxygens (including phenoxy) is 1.